The number of hydrogen-bond acceptors (Lipinski definition) is 5. The average Bonchev–Trinajstić information content (AvgIpc) is 3.66. The lowest BCUT2D eigenvalue weighted by Gasteiger charge is -2.27. The Balaban J connectivity index is 0.0000123. The summed E-state index contributed by atoms with van der Waals surface area (Å²) in [7, 11) is 3.79. The molecule has 0 N–H and O–H groups in total. The zero-order valence-electron chi connectivity index (χ0n) is 51.3. The van der Waals surface area contributed by atoms with E-state index in [0.717, 1.165) is 48.2 Å². The van der Waals surface area contributed by atoms with Gasteiger partial charge in [-0.2, -0.15) is 4.58 Å². The number of hydrogen-bond donors (Lipinski definition) is 0. The van der Waals surface area contributed by atoms with Crippen LogP contribution in [0.4, 0.5) is 11.4 Å². The lowest BCUT2D eigenvalue weighted by atomic mass is 9.80. The second-order valence-corrected chi connectivity index (χ2v) is 30.0. The van der Waals surface area contributed by atoms with Crippen molar-refractivity contribution in [3.8, 4) is 22.3 Å². The molecule has 0 aliphatic carbocycles. The lowest BCUT2D eigenvalue weighted by Crippen LogP contribution is -3.00. The Labute approximate surface area is 514 Å². The molecule has 6 nitrogen and oxygen atoms in total. The van der Waals surface area contributed by atoms with E-state index in [1.54, 1.807) is 24.3 Å². The van der Waals surface area contributed by atoms with Gasteiger partial charge in [0.05, 0.1) is 15.2 Å². The van der Waals surface area contributed by atoms with Gasteiger partial charge in [0, 0.05) is 68.8 Å². The van der Waals surface area contributed by atoms with Crippen molar-refractivity contribution in [1.29, 1.82) is 0 Å². The van der Waals surface area contributed by atoms with Gasteiger partial charge in [-0.1, -0.05) is 269 Å². The predicted molar refractivity (Wildman–Crippen MR) is 349 cm³/mol. The summed E-state index contributed by atoms with van der Waals surface area (Å²) < 4.78 is 51.1. The molecule has 6 rings (SSSR count). The van der Waals surface area contributed by atoms with Crippen molar-refractivity contribution < 1.29 is 33.8 Å². The zero-order chi connectivity index (χ0) is 58.1. The van der Waals surface area contributed by atoms with Gasteiger partial charge in [0.2, 0.25) is 5.69 Å². The van der Waals surface area contributed by atoms with Crippen LogP contribution >= 0.6 is 21.4 Å². The second kappa shape index (κ2) is 35.3. The molecule has 454 valence electrons. The molecule has 0 bridgehead atoms. The lowest BCUT2D eigenvalue weighted by molar-refractivity contribution is -0.438. The second-order valence-electron chi connectivity index (χ2n) is 24.8. The molecule has 0 spiro atoms. The van der Waals surface area contributed by atoms with Crippen LogP contribution in [0.5, 0.6) is 0 Å². The Hall–Kier alpha value is -3.40. The van der Waals surface area contributed by atoms with Crippen LogP contribution in [-0.4, -0.2) is 40.2 Å². The molecule has 0 saturated carbocycles. The van der Waals surface area contributed by atoms with Gasteiger partial charge in [-0.15, -0.1) is 0 Å². The van der Waals surface area contributed by atoms with Crippen LogP contribution < -0.4 is 17.3 Å². The maximum absolute atomic E-state index is 12.1. The van der Waals surface area contributed by atoms with Gasteiger partial charge < -0.3 is 17.3 Å². The van der Waals surface area contributed by atoms with E-state index >= 15 is 0 Å². The predicted octanol–water partition coefficient (Wildman–Crippen LogP) is 19.0. The molecule has 0 amide bonds. The smallest absolute Gasteiger partial charge is 0.261 e. The average molecular weight is 1220 g/mol. The van der Waals surface area contributed by atoms with Crippen molar-refractivity contribution in [2.45, 2.75) is 268 Å². The molecule has 11 heteroatoms. The van der Waals surface area contributed by atoms with E-state index in [9.17, 15) is 16.8 Å². The summed E-state index contributed by atoms with van der Waals surface area (Å²) in [6.07, 6.45) is 49.8. The van der Waals surface area contributed by atoms with Crippen LogP contribution in [0.2, 0.25) is 0 Å². The first-order valence-electron chi connectivity index (χ1n) is 32.2. The van der Waals surface area contributed by atoms with E-state index in [0.29, 0.717) is 0 Å². The summed E-state index contributed by atoms with van der Waals surface area (Å²) >= 11 is 0. The van der Waals surface area contributed by atoms with Gasteiger partial charge in [-0.3, -0.25) is 0 Å². The molecule has 4 aromatic rings. The number of fused-ring (bicyclic) bond motifs is 2. The number of rotatable bonds is 40. The molecule has 2 heterocycles. The third kappa shape index (κ3) is 20.9. The standard InChI is InChI=1S/C71H103Cl2N2O4S2.ClH/c1-7-9-11-13-15-17-19-21-23-25-27-29-31-33-35-37-54-74-66-56-60(58-42-48-62(49-43-58)80(72,76)77)46-52-64(66)70(3,4)68(74)40-39-41-69-71(5,6)65-53-47-61(59-44-50-63(51-45-59)81(73,78)79)57-67(65)75(69)55-38-36-34-32-30-28-26-24-22-20-18-16-14-12-10-8-2;/h39-53,56-57H,7-38,54-55H2,1-6H3;1H/q+1;/p-1. The molecule has 0 saturated heterocycles. The third-order valence-electron chi connectivity index (χ3n) is 17.7. The summed E-state index contributed by atoms with van der Waals surface area (Å²) in [6.45, 7) is 15.8. The third-order valence-corrected chi connectivity index (χ3v) is 20.4. The van der Waals surface area contributed by atoms with Crippen molar-refractivity contribution in [2.24, 2.45) is 0 Å². The SMILES string of the molecule is CCCCCCCCCCCCCCCCCCN1/C(=C/C=C/C2=[N+](CCCCCCCCCCCCCCCCCC)c3cc(-c4ccc(S(=O)(=O)Cl)cc4)ccc3C2(C)C)C(C)(C)c2ccc(-c3ccc(S(=O)(=O)Cl)cc3)cc21.[Cl-]. The Morgan fingerprint density at radius 1 is 0.439 bits per heavy atom. The summed E-state index contributed by atoms with van der Waals surface area (Å²) in [5.41, 5.74) is 11.0. The fourth-order valence-electron chi connectivity index (χ4n) is 12.7. The van der Waals surface area contributed by atoms with Gasteiger partial charge in [0.25, 0.3) is 18.1 Å². The maximum atomic E-state index is 12.1. The topological polar surface area (TPSA) is 74.5 Å². The molecule has 2 aliphatic heterocycles. The first-order chi connectivity index (χ1) is 39.0. The van der Waals surface area contributed by atoms with Crippen LogP contribution in [0.1, 0.15) is 258 Å². The Morgan fingerprint density at radius 2 is 0.793 bits per heavy atom. The molecule has 0 radical (unpaired) electrons. The van der Waals surface area contributed by atoms with Crippen molar-refractivity contribution in [3.05, 3.63) is 120 Å². The molecule has 0 aromatic heterocycles. The van der Waals surface area contributed by atoms with Gasteiger partial charge >= 0.3 is 0 Å². The van der Waals surface area contributed by atoms with Crippen molar-refractivity contribution in [2.75, 3.05) is 18.0 Å². The van der Waals surface area contributed by atoms with E-state index < -0.39 is 18.1 Å². The molecule has 0 unspecified atom stereocenters. The van der Waals surface area contributed by atoms with Crippen LogP contribution in [0.15, 0.2) is 119 Å². The Bertz CT molecular complexity index is 2870. The molecule has 0 fully saturated rings. The fraction of sp³-hybridized carbons (Fsp3) is 0.592. The zero-order valence-corrected chi connectivity index (χ0v) is 55.2. The highest BCUT2D eigenvalue weighted by Gasteiger charge is 2.45. The number of halogens is 3. The quantitative estimate of drug-likeness (QED) is 0.0252. The first-order valence-corrected chi connectivity index (χ1v) is 36.8. The maximum Gasteiger partial charge on any atom is 0.261 e. The Kier molecular flexibility index (Phi) is 29.8. The number of anilines is 1. The van der Waals surface area contributed by atoms with E-state index in [4.69, 9.17) is 21.4 Å². The molecular formula is C71H103Cl3N2O4S2. The number of benzene rings is 4. The van der Waals surface area contributed by atoms with Crippen molar-refractivity contribution >= 4 is 56.6 Å². The molecule has 4 aromatic carbocycles. The minimum absolute atomic E-state index is 0. The monoisotopic (exact) mass is 1220 g/mol. The minimum Gasteiger partial charge on any atom is -1.00 e. The molecular weight excluding hydrogens is 1120 g/mol. The number of nitrogens with zero attached hydrogens (tertiary/aromatic N) is 2. The van der Waals surface area contributed by atoms with E-state index in [1.807, 2.05) is 24.3 Å². The van der Waals surface area contributed by atoms with Gasteiger partial charge in [0.1, 0.15) is 6.54 Å². The van der Waals surface area contributed by atoms with Crippen molar-refractivity contribution in [3.63, 3.8) is 0 Å². The van der Waals surface area contributed by atoms with E-state index in [1.165, 1.54) is 227 Å². The molecule has 2 aliphatic rings. The van der Waals surface area contributed by atoms with Crippen LogP contribution in [0, 0.1) is 0 Å². The highest BCUT2D eigenvalue weighted by Crippen LogP contribution is 2.50. The summed E-state index contributed by atoms with van der Waals surface area (Å²) in [5.74, 6) is 0. The van der Waals surface area contributed by atoms with Gasteiger partial charge in [0.15, 0.2) is 5.71 Å². The molecule has 0 atom stereocenters. The van der Waals surface area contributed by atoms with Crippen LogP contribution in [-0.2, 0) is 28.9 Å². The van der Waals surface area contributed by atoms with Crippen LogP contribution in [0.3, 0.4) is 0 Å². The number of unbranched alkanes of at least 4 members (excludes halogenated alkanes) is 30. The van der Waals surface area contributed by atoms with Gasteiger partial charge in [-0.05, 0) is 90.9 Å². The van der Waals surface area contributed by atoms with Gasteiger partial charge in [-0.25, -0.2) is 16.8 Å². The fourth-order valence-corrected chi connectivity index (χ4v) is 14.2. The summed E-state index contributed by atoms with van der Waals surface area (Å²) in [6, 6.07) is 27.3. The molecule has 82 heavy (non-hydrogen) atoms. The summed E-state index contributed by atoms with van der Waals surface area (Å²) in [4.78, 5) is 2.76. The van der Waals surface area contributed by atoms with E-state index in [-0.39, 0.29) is 33.0 Å². The number of allylic oxidation sites excluding steroid dienone is 4. The first kappa shape index (κ1) is 69.4. The van der Waals surface area contributed by atoms with Crippen LogP contribution in [0.25, 0.3) is 22.3 Å². The largest absolute Gasteiger partial charge is 1.00 e. The minimum atomic E-state index is -3.82. The van der Waals surface area contributed by atoms with Crippen molar-refractivity contribution in [1.82, 2.24) is 0 Å². The van der Waals surface area contributed by atoms with E-state index in [2.05, 4.69) is 106 Å². The Morgan fingerprint density at radius 3 is 1.20 bits per heavy atom. The normalized spacial score (nSPS) is 15.2. The highest BCUT2D eigenvalue weighted by molar-refractivity contribution is 8.14. The highest BCUT2D eigenvalue weighted by atomic mass is 35.7. The summed E-state index contributed by atoms with van der Waals surface area (Å²) in [5, 5.41) is 0.